The van der Waals surface area contributed by atoms with Crippen molar-refractivity contribution in [1.82, 2.24) is 10.4 Å². The van der Waals surface area contributed by atoms with Crippen molar-refractivity contribution in [2.24, 2.45) is 5.84 Å². The SMILES string of the molecule is Cc1cc(C)cc(CC(NN)c2cnccc2C)c1. The average molecular weight is 255 g/mol. The predicted octanol–water partition coefficient (Wildman–Crippen LogP) is 2.75. The van der Waals surface area contributed by atoms with E-state index >= 15 is 0 Å². The summed E-state index contributed by atoms with van der Waals surface area (Å²) in [5.41, 5.74) is 9.14. The lowest BCUT2D eigenvalue weighted by Gasteiger charge is -2.18. The number of rotatable bonds is 4. The molecule has 0 saturated carbocycles. The van der Waals surface area contributed by atoms with E-state index in [0.29, 0.717) is 0 Å². The molecular formula is C16H21N3. The van der Waals surface area contributed by atoms with Gasteiger partial charge in [-0.25, -0.2) is 0 Å². The number of nitrogens with two attached hydrogens (primary N) is 1. The Balaban J connectivity index is 2.26. The molecule has 1 aromatic carbocycles. The molecule has 19 heavy (non-hydrogen) atoms. The van der Waals surface area contributed by atoms with Crippen molar-refractivity contribution in [2.75, 3.05) is 0 Å². The molecule has 0 aliphatic heterocycles. The highest BCUT2D eigenvalue weighted by atomic mass is 15.2. The van der Waals surface area contributed by atoms with E-state index in [1.54, 1.807) is 0 Å². The van der Waals surface area contributed by atoms with Gasteiger partial charge in [-0.2, -0.15) is 0 Å². The third-order valence-electron chi connectivity index (χ3n) is 3.38. The average Bonchev–Trinajstić information content (AvgIpc) is 2.36. The van der Waals surface area contributed by atoms with E-state index in [2.05, 4.69) is 49.4 Å². The van der Waals surface area contributed by atoms with Gasteiger partial charge in [-0.3, -0.25) is 16.3 Å². The summed E-state index contributed by atoms with van der Waals surface area (Å²) in [6.07, 6.45) is 4.57. The van der Waals surface area contributed by atoms with Crippen LogP contribution in [-0.4, -0.2) is 4.98 Å². The van der Waals surface area contributed by atoms with Crippen LogP contribution < -0.4 is 11.3 Å². The zero-order chi connectivity index (χ0) is 13.8. The first-order valence-electron chi connectivity index (χ1n) is 6.54. The van der Waals surface area contributed by atoms with E-state index < -0.39 is 0 Å². The van der Waals surface area contributed by atoms with Crippen molar-refractivity contribution >= 4 is 0 Å². The van der Waals surface area contributed by atoms with Crippen LogP contribution in [0.4, 0.5) is 0 Å². The molecule has 0 fully saturated rings. The Morgan fingerprint density at radius 3 is 2.42 bits per heavy atom. The van der Waals surface area contributed by atoms with Gasteiger partial charge in [-0.15, -0.1) is 0 Å². The molecular weight excluding hydrogens is 234 g/mol. The summed E-state index contributed by atoms with van der Waals surface area (Å²) in [6.45, 7) is 6.33. The largest absolute Gasteiger partial charge is 0.271 e. The number of nitrogens with zero attached hydrogens (tertiary/aromatic N) is 1. The van der Waals surface area contributed by atoms with Gasteiger partial charge < -0.3 is 0 Å². The quantitative estimate of drug-likeness (QED) is 0.652. The summed E-state index contributed by atoms with van der Waals surface area (Å²) in [5, 5.41) is 0. The Bertz CT molecular complexity index is 543. The number of hydrogen-bond acceptors (Lipinski definition) is 3. The monoisotopic (exact) mass is 255 g/mol. The van der Waals surface area contributed by atoms with Crippen LogP contribution in [-0.2, 0) is 6.42 Å². The van der Waals surface area contributed by atoms with Crippen LogP contribution in [0.2, 0.25) is 0 Å². The second-order valence-electron chi connectivity index (χ2n) is 5.15. The minimum Gasteiger partial charge on any atom is -0.271 e. The molecule has 1 heterocycles. The van der Waals surface area contributed by atoms with Gasteiger partial charge in [0.1, 0.15) is 0 Å². The number of hydrogen-bond donors (Lipinski definition) is 2. The van der Waals surface area contributed by atoms with E-state index in [1.165, 1.54) is 22.3 Å². The first-order chi connectivity index (χ1) is 9.10. The minimum absolute atomic E-state index is 0.0925. The van der Waals surface area contributed by atoms with Crippen LogP contribution in [0.15, 0.2) is 36.7 Å². The lowest BCUT2D eigenvalue weighted by molar-refractivity contribution is 0.547. The zero-order valence-corrected chi connectivity index (χ0v) is 11.8. The van der Waals surface area contributed by atoms with Gasteiger partial charge in [0, 0.05) is 12.4 Å². The molecule has 0 amide bonds. The lowest BCUT2D eigenvalue weighted by atomic mass is 9.96. The molecule has 0 spiro atoms. The second-order valence-corrected chi connectivity index (χ2v) is 5.15. The summed E-state index contributed by atoms with van der Waals surface area (Å²) in [7, 11) is 0. The number of aromatic nitrogens is 1. The standard InChI is InChI=1S/C16H21N3/c1-11-6-12(2)8-14(7-11)9-16(19-17)15-10-18-5-4-13(15)3/h4-8,10,16,19H,9,17H2,1-3H3. The van der Waals surface area contributed by atoms with E-state index in [9.17, 15) is 0 Å². The maximum absolute atomic E-state index is 5.72. The highest BCUT2D eigenvalue weighted by Gasteiger charge is 2.13. The highest BCUT2D eigenvalue weighted by Crippen LogP contribution is 2.21. The van der Waals surface area contributed by atoms with Gasteiger partial charge in [0.25, 0.3) is 0 Å². The smallest absolute Gasteiger partial charge is 0.0518 e. The molecule has 0 aliphatic rings. The number of hydrazine groups is 1. The molecule has 1 unspecified atom stereocenters. The van der Waals surface area contributed by atoms with Crippen molar-refractivity contribution in [3.05, 3.63) is 64.5 Å². The summed E-state index contributed by atoms with van der Waals surface area (Å²) in [6, 6.07) is 8.71. The van der Waals surface area contributed by atoms with Gasteiger partial charge in [0.05, 0.1) is 6.04 Å². The van der Waals surface area contributed by atoms with Crippen molar-refractivity contribution in [1.29, 1.82) is 0 Å². The fraction of sp³-hybridized carbons (Fsp3) is 0.312. The topological polar surface area (TPSA) is 50.9 Å². The number of benzene rings is 1. The number of pyridine rings is 1. The Kier molecular flexibility index (Phi) is 4.30. The summed E-state index contributed by atoms with van der Waals surface area (Å²) >= 11 is 0. The minimum atomic E-state index is 0.0925. The normalized spacial score (nSPS) is 12.4. The van der Waals surface area contributed by atoms with Crippen molar-refractivity contribution in [3.63, 3.8) is 0 Å². The molecule has 0 bridgehead atoms. The number of aryl methyl sites for hydroxylation is 3. The van der Waals surface area contributed by atoms with Crippen LogP contribution in [0, 0.1) is 20.8 Å². The third-order valence-corrected chi connectivity index (χ3v) is 3.38. The fourth-order valence-electron chi connectivity index (χ4n) is 2.52. The van der Waals surface area contributed by atoms with Gasteiger partial charge in [-0.1, -0.05) is 29.3 Å². The molecule has 3 nitrogen and oxygen atoms in total. The highest BCUT2D eigenvalue weighted by molar-refractivity contribution is 5.32. The Morgan fingerprint density at radius 2 is 1.84 bits per heavy atom. The van der Waals surface area contributed by atoms with Gasteiger partial charge in [0.15, 0.2) is 0 Å². The first-order valence-corrected chi connectivity index (χ1v) is 6.54. The van der Waals surface area contributed by atoms with Crippen LogP contribution in [0.3, 0.4) is 0 Å². The molecule has 0 saturated heterocycles. The lowest BCUT2D eigenvalue weighted by Crippen LogP contribution is -2.30. The van der Waals surface area contributed by atoms with Crippen molar-refractivity contribution in [3.8, 4) is 0 Å². The first kappa shape index (κ1) is 13.7. The molecule has 3 heteroatoms. The molecule has 0 radical (unpaired) electrons. The van der Waals surface area contributed by atoms with E-state index in [-0.39, 0.29) is 6.04 Å². The molecule has 1 aromatic heterocycles. The second kappa shape index (κ2) is 5.95. The maximum Gasteiger partial charge on any atom is 0.0518 e. The van der Waals surface area contributed by atoms with Crippen LogP contribution in [0.25, 0.3) is 0 Å². The van der Waals surface area contributed by atoms with Crippen molar-refractivity contribution in [2.45, 2.75) is 33.2 Å². The molecule has 100 valence electrons. The van der Waals surface area contributed by atoms with Gasteiger partial charge in [-0.05, 0) is 49.9 Å². The summed E-state index contributed by atoms with van der Waals surface area (Å²) < 4.78 is 0. The molecule has 2 rings (SSSR count). The Hall–Kier alpha value is -1.71. The predicted molar refractivity (Wildman–Crippen MR) is 78.7 cm³/mol. The summed E-state index contributed by atoms with van der Waals surface area (Å²) in [5.74, 6) is 5.72. The van der Waals surface area contributed by atoms with Gasteiger partial charge >= 0.3 is 0 Å². The van der Waals surface area contributed by atoms with E-state index in [0.717, 1.165) is 12.0 Å². The molecule has 3 N–H and O–H groups in total. The fourth-order valence-corrected chi connectivity index (χ4v) is 2.52. The molecule has 2 aromatic rings. The van der Waals surface area contributed by atoms with Gasteiger partial charge in [0.2, 0.25) is 0 Å². The van der Waals surface area contributed by atoms with E-state index in [1.807, 2.05) is 18.5 Å². The third kappa shape index (κ3) is 3.40. The Morgan fingerprint density at radius 1 is 1.16 bits per heavy atom. The van der Waals surface area contributed by atoms with E-state index in [4.69, 9.17) is 5.84 Å². The zero-order valence-electron chi connectivity index (χ0n) is 11.8. The van der Waals surface area contributed by atoms with Crippen LogP contribution in [0.1, 0.15) is 33.9 Å². The molecule has 1 atom stereocenters. The number of nitrogens with one attached hydrogen (secondary N) is 1. The Labute approximate surface area is 114 Å². The summed E-state index contributed by atoms with van der Waals surface area (Å²) in [4.78, 5) is 4.20. The molecule has 0 aliphatic carbocycles. The van der Waals surface area contributed by atoms with Crippen LogP contribution in [0.5, 0.6) is 0 Å². The van der Waals surface area contributed by atoms with Crippen molar-refractivity contribution < 1.29 is 0 Å². The maximum atomic E-state index is 5.72. The van der Waals surface area contributed by atoms with Crippen LogP contribution >= 0.6 is 0 Å².